The largest absolute Gasteiger partial charge is 0.456 e. The molecule has 12 rings (SSSR count). The van der Waals surface area contributed by atoms with Gasteiger partial charge in [0.15, 0.2) is 17.5 Å². The maximum atomic E-state index is 6.59. The molecule has 9 aromatic carbocycles. The lowest BCUT2D eigenvalue weighted by Crippen LogP contribution is -2.04. The summed E-state index contributed by atoms with van der Waals surface area (Å²) >= 11 is 0. The van der Waals surface area contributed by atoms with E-state index in [1.165, 1.54) is 21.5 Å². The number of para-hydroxylation sites is 2. The third kappa shape index (κ3) is 5.07. The Labute approximate surface area is 333 Å². The molecule has 0 N–H and O–H groups in total. The summed E-state index contributed by atoms with van der Waals surface area (Å²) in [4.78, 5) is 16.0. The molecule has 5 nitrogen and oxygen atoms in total. The molecule has 270 valence electrons. The molecule has 0 radical (unpaired) electrons. The van der Waals surface area contributed by atoms with Crippen LogP contribution in [0.15, 0.2) is 199 Å². The average molecular weight is 741 g/mol. The lowest BCUT2D eigenvalue weighted by Gasteiger charge is -2.16. The molecule has 0 fully saturated rings. The number of aromatic nitrogens is 4. The number of rotatable bonds is 5. The summed E-state index contributed by atoms with van der Waals surface area (Å²) in [6.07, 6.45) is 0. The molecule has 0 spiro atoms. The van der Waals surface area contributed by atoms with Crippen molar-refractivity contribution in [3.8, 4) is 51.0 Å². The van der Waals surface area contributed by atoms with E-state index in [-0.39, 0.29) is 0 Å². The van der Waals surface area contributed by atoms with Gasteiger partial charge in [0.1, 0.15) is 11.2 Å². The van der Waals surface area contributed by atoms with Crippen LogP contribution in [0.4, 0.5) is 0 Å². The maximum Gasteiger partial charge on any atom is 0.166 e. The second kappa shape index (κ2) is 12.8. The molecular formula is C53H32N4O. The van der Waals surface area contributed by atoms with Gasteiger partial charge in [-0.2, -0.15) is 0 Å². The first-order valence-electron chi connectivity index (χ1n) is 19.5. The van der Waals surface area contributed by atoms with Crippen LogP contribution in [0.2, 0.25) is 0 Å². The molecule has 3 aromatic heterocycles. The summed E-state index contributed by atoms with van der Waals surface area (Å²) in [6, 6.07) is 68.0. The van der Waals surface area contributed by atoms with E-state index in [2.05, 4.69) is 180 Å². The fraction of sp³-hybridized carbons (Fsp3) is 0. The lowest BCUT2D eigenvalue weighted by atomic mass is 10.0. The first-order chi connectivity index (χ1) is 28.7. The van der Waals surface area contributed by atoms with Crippen LogP contribution in [0.25, 0.3) is 116 Å². The van der Waals surface area contributed by atoms with Gasteiger partial charge >= 0.3 is 0 Å². The molecule has 5 heteroatoms. The summed E-state index contributed by atoms with van der Waals surface area (Å²) in [7, 11) is 0. The highest BCUT2D eigenvalue weighted by Crippen LogP contribution is 2.44. The van der Waals surface area contributed by atoms with Crippen LogP contribution < -0.4 is 0 Å². The minimum Gasteiger partial charge on any atom is -0.456 e. The van der Waals surface area contributed by atoms with Crippen LogP contribution in [0, 0.1) is 0 Å². The molecule has 12 aromatic rings. The molecule has 58 heavy (non-hydrogen) atoms. The predicted molar refractivity (Wildman–Crippen MR) is 238 cm³/mol. The normalized spacial score (nSPS) is 11.8. The molecule has 0 aliphatic heterocycles. The van der Waals surface area contributed by atoms with Gasteiger partial charge in [0.2, 0.25) is 0 Å². The number of fused-ring (bicyclic) bond motifs is 8. The van der Waals surface area contributed by atoms with Gasteiger partial charge in [-0.15, -0.1) is 0 Å². The Hall–Kier alpha value is -7.89. The zero-order valence-corrected chi connectivity index (χ0v) is 31.2. The molecule has 0 saturated heterocycles. The monoisotopic (exact) mass is 740 g/mol. The molecule has 0 aliphatic carbocycles. The quantitative estimate of drug-likeness (QED) is 0.176. The molecule has 0 amide bonds. The molecule has 0 aliphatic rings. The third-order valence-corrected chi connectivity index (χ3v) is 11.4. The summed E-state index contributed by atoms with van der Waals surface area (Å²) in [5.74, 6) is 1.79. The number of hydrogen-bond acceptors (Lipinski definition) is 4. The Balaban J connectivity index is 1.19. The van der Waals surface area contributed by atoms with E-state index in [4.69, 9.17) is 19.4 Å². The fourth-order valence-electron chi connectivity index (χ4n) is 8.72. The van der Waals surface area contributed by atoms with Gasteiger partial charge in [-0.25, -0.2) is 15.0 Å². The molecular weight excluding hydrogens is 709 g/mol. The van der Waals surface area contributed by atoms with Crippen LogP contribution in [-0.2, 0) is 0 Å². The Kier molecular flexibility index (Phi) is 7.16. The van der Waals surface area contributed by atoms with Crippen LogP contribution in [0.5, 0.6) is 0 Å². The highest BCUT2D eigenvalue weighted by molar-refractivity contribution is 6.18. The Morgan fingerprint density at radius 3 is 1.78 bits per heavy atom. The highest BCUT2D eigenvalue weighted by Gasteiger charge is 2.25. The average Bonchev–Trinajstić information content (AvgIpc) is 3.83. The highest BCUT2D eigenvalue weighted by atomic mass is 16.3. The van der Waals surface area contributed by atoms with Crippen molar-refractivity contribution in [2.75, 3.05) is 0 Å². The fourth-order valence-corrected chi connectivity index (χ4v) is 8.72. The Bertz CT molecular complexity index is 3560. The second-order valence-electron chi connectivity index (χ2n) is 14.8. The lowest BCUT2D eigenvalue weighted by molar-refractivity contribution is 0.669. The number of benzene rings is 9. The second-order valence-corrected chi connectivity index (χ2v) is 14.8. The van der Waals surface area contributed by atoms with Crippen molar-refractivity contribution < 1.29 is 4.42 Å². The van der Waals surface area contributed by atoms with Crippen LogP contribution >= 0.6 is 0 Å². The maximum absolute atomic E-state index is 6.59. The van der Waals surface area contributed by atoms with E-state index in [0.29, 0.717) is 17.5 Å². The first-order valence-corrected chi connectivity index (χ1v) is 19.5. The molecule has 0 bridgehead atoms. The summed E-state index contributed by atoms with van der Waals surface area (Å²) in [5.41, 5.74) is 9.79. The van der Waals surface area contributed by atoms with Gasteiger partial charge in [0, 0.05) is 32.8 Å². The third-order valence-electron chi connectivity index (χ3n) is 11.4. The summed E-state index contributed by atoms with van der Waals surface area (Å²) in [6.45, 7) is 0. The molecule has 3 heterocycles. The van der Waals surface area contributed by atoms with E-state index in [1.807, 2.05) is 18.2 Å². The number of hydrogen-bond donors (Lipinski definition) is 0. The predicted octanol–water partition coefficient (Wildman–Crippen LogP) is 13.8. The summed E-state index contributed by atoms with van der Waals surface area (Å²) in [5, 5.41) is 8.96. The van der Waals surface area contributed by atoms with Crippen molar-refractivity contribution in [3.63, 3.8) is 0 Å². The molecule has 0 atom stereocenters. The van der Waals surface area contributed by atoms with Crippen LogP contribution in [0.3, 0.4) is 0 Å². The van der Waals surface area contributed by atoms with Crippen molar-refractivity contribution in [1.82, 2.24) is 19.5 Å². The van der Waals surface area contributed by atoms with Gasteiger partial charge < -0.3 is 8.98 Å². The van der Waals surface area contributed by atoms with Crippen molar-refractivity contribution >= 4 is 65.3 Å². The number of nitrogens with zero attached hydrogens (tertiary/aromatic N) is 4. The standard InChI is InChI=1S/C53H32N4O/c1-2-13-33(14-3-1)34-25-27-36(28-26-34)51-54-52(41-22-12-18-35-15-6-7-19-39(35)41)56-53(55-51)43-29-30-48-49(42-21-9-11-24-47(42)58-48)50(43)57-45-23-10-8-20-40(45)44-31-37-16-4-5-17-38(37)32-46(44)57/h1-32H. The van der Waals surface area contributed by atoms with Gasteiger partial charge in [-0.05, 0) is 69.1 Å². The Morgan fingerprint density at radius 2 is 0.948 bits per heavy atom. The van der Waals surface area contributed by atoms with Gasteiger partial charge in [0.25, 0.3) is 0 Å². The van der Waals surface area contributed by atoms with Crippen molar-refractivity contribution in [1.29, 1.82) is 0 Å². The van der Waals surface area contributed by atoms with E-state index in [9.17, 15) is 0 Å². The van der Waals surface area contributed by atoms with E-state index < -0.39 is 0 Å². The van der Waals surface area contributed by atoms with E-state index >= 15 is 0 Å². The van der Waals surface area contributed by atoms with Crippen molar-refractivity contribution in [2.45, 2.75) is 0 Å². The zero-order valence-electron chi connectivity index (χ0n) is 31.2. The Morgan fingerprint density at radius 1 is 0.345 bits per heavy atom. The minimum atomic E-state index is 0.578. The SMILES string of the molecule is c1ccc(-c2ccc(-c3nc(-c4ccc5oc6ccccc6c5c4-n4c5ccccc5c5cc6ccccc6cc54)nc(-c4cccc5ccccc45)n3)cc2)cc1. The van der Waals surface area contributed by atoms with E-state index in [0.717, 1.165) is 77.2 Å². The van der Waals surface area contributed by atoms with Crippen LogP contribution in [0.1, 0.15) is 0 Å². The number of furan rings is 1. The van der Waals surface area contributed by atoms with Gasteiger partial charge in [-0.1, -0.05) is 158 Å². The van der Waals surface area contributed by atoms with Crippen molar-refractivity contribution in [3.05, 3.63) is 194 Å². The molecule has 0 unspecified atom stereocenters. The molecule has 0 saturated carbocycles. The topological polar surface area (TPSA) is 56.7 Å². The van der Waals surface area contributed by atoms with Crippen LogP contribution in [-0.4, -0.2) is 19.5 Å². The minimum absolute atomic E-state index is 0.578. The first kappa shape index (κ1) is 32.4. The zero-order chi connectivity index (χ0) is 38.2. The van der Waals surface area contributed by atoms with Gasteiger partial charge in [0.05, 0.1) is 22.1 Å². The smallest absolute Gasteiger partial charge is 0.166 e. The summed E-state index contributed by atoms with van der Waals surface area (Å²) < 4.78 is 8.99. The van der Waals surface area contributed by atoms with E-state index in [1.54, 1.807) is 0 Å². The van der Waals surface area contributed by atoms with Crippen molar-refractivity contribution in [2.24, 2.45) is 0 Å². The van der Waals surface area contributed by atoms with Gasteiger partial charge in [-0.3, -0.25) is 0 Å².